The van der Waals surface area contributed by atoms with Crippen LogP contribution in [0.15, 0.2) is 12.1 Å². The van der Waals surface area contributed by atoms with Gasteiger partial charge in [-0.2, -0.15) is 0 Å². The number of thiophene rings is 1. The molecule has 1 aromatic rings. The van der Waals surface area contributed by atoms with Crippen LogP contribution in [-0.4, -0.2) is 42.9 Å². The second-order valence-electron chi connectivity index (χ2n) is 4.40. The lowest BCUT2D eigenvalue weighted by Crippen LogP contribution is -2.42. The van der Waals surface area contributed by atoms with Gasteiger partial charge < -0.3 is 10.4 Å². The summed E-state index contributed by atoms with van der Waals surface area (Å²) in [4.78, 5) is 22.9. The van der Waals surface area contributed by atoms with Gasteiger partial charge in [-0.15, -0.1) is 11.3 Å². The molecule has 0 spiro atoms. The lowest BCUT2D eigenvalue weighted by molar-refractivity contribution is 0.0702. The maximum Gasteiger partial charge on any atom is 0.345 e. The second kappa shape index (κ2) is 5.30. The Labute approximate surface area is 114 Å². The SMILES string of the molecule is O=C(O)c1ccc(C(=O)N[C@H]2CCCS(=O)(=O)C2)s1. The van der Waals surface area contributed by atoms with Crippen molar-refractivity contribution in [2.24, 2.45) is 0 Å². The van der Waals surface area contributed by atoms with Gasteiger partial charge in [-0.1, -0.05) is 0 Å². The lowest BCUT2D eigenvalue weighted by atomic mass is 10.2. The predicted octanol–water partition coefficient (Wildman–Crippen LogP) is 0.753. The number of hydrogen-bond acceptors (Lipinski definition) is 5. The van der Waals surface area contributed by atoms with Gasteiger partial charge in [-0.3, -0.25) is 4.79 Å². The van der Waals surface area contributed by atoms with Gasteiger partial charge in [0.1, 0.15) is 4.88 Å². The molecular weight excluding hydrogens is 290 g/mol. The van der Waals surface area contributed by atoms with Crippen molar-refractivity contribution < 1.29 is 23.1 Å². The fourth-order valence-electron chi connectivity index (χ4n) is 1.97. The third-order valence-electron chi connectivity index (χ3n) is 2.84. The molecule has 1 atom stereocenters. The summed E-state index contributed by atoms with van der Waals surface area (Å²) in [6.07, 6.45) is 1.17. The first-order chi connectivity index (χ1) is 8.87. The van der Waals surface area contributed by atoms with E-state index in [1.54, 1.807) is 0 Å². The van der Waals surface area contributed by atoms with E-state index in [1.165, 1.54) is 12.1 Å². The molecule has 104 valence electrons. The Bertz CT molecular complexity index is 604. The maximum absolute atomic E-state index is 11.9. The third-order valence-corrected chi connectivity index (χ3v) is 5.73. The molecule has 0 aliphatic carbocycles. The molecule has 1 amide bonds. The molecule has 6 nitrogen and oxygen atoms in total. The monoisotopic (exact) mass is 303 g/mol. The van der Waals surface area contributed by atoms with Crippen LogP contribution in [0.3, 0.4) is 0 Å². The summed E-state index contributed by atoms with van der Waals surface area (Å²) in [6.45, 7) is 0. The maximum atomic E-state index is 11.9. The molecule has 0 bridgehead atoms. The van der Waals surface area contributed by atoms with E-state index in [0.717, 1.165) is 11.3 Å². The van der Waals surface area contributed by atoms with E-state index < -0.39 is 21.7 Å². The number of carbonyl (C=O) groups is 2. The second-order valence-corrected chi connectivity index (χ2v) is 7.71. The largest absolute Gasteiger partial charge is 0.477 e. The molecule has 19 heavy (non-hydrogen) atoms. The van der Waals surface area contributed by atoms with Crippen LogP contribution in [0.25, 0.3) is 0 Å². The molecule has 0 unspecified atom stereocenters. The van der Waals surface area contributed by atoms with E-state index in [1.807, 2.05) is 0 Å². The standard InChI is InChI=1S/C11H13NO5S2/c13-10(8-3-4-9(18-8)11(14)15)12-7-2-1-5-19(16,17)6-7/h3-4,7H,1-2,5-6H2,(H,12,13)(H,14,15)/t7-/m0/s1. The highest BCUT2D eigenvalue weighted by Crippen LogP contribution is 2.18. The van der Waals surface area contributed by atoms with Gasteiger partial charge >= 0.3 is 5.97 Å². The summed E-state index contributed by atoms with van der Waals surface area (Å²) in [7, 11) is -3.07. The highest BCUT2D eigenvalue weighted by molar-refractivity contribution is 7.91. The molecule has 8 heteroatoms. The van der Waals surface area contributed by atoms with E-state index in [4.69, 9.17) is 5.11 Å². The van der Waals surface area contributed by atoms with E-state index in [0.29, 0.717) is 12.8 Å². The number of hydrogen-bond donors (Lipinski definition) is 2. The Morgan fingerprint density at radius 2 is 2.00 bits per heavy atom. The third kappa shape index (κ3) is 3.54. The number of carbonyl (C=O) groups excluding carboxylic acids is 1. The zero-order valence-corrected chi connectivity index (χ0v) is 11.6. The smallest absolute Gasteiger partial charge is 0.345 e. The summed E-state index contributed by atoms with van der Waals surface area (Å²) in [5.74, 6) is -1.37. The summed E-state index contributed by atoms with van der Waals surface area (Å²) >= 11 is 0.877. The van der Waals surface area contributed by atoms with Crippen molar-refractivity contribution in [2.45, 2.75) is 18.9 Å². The Kier molecular flexibility index (Phi) is 3.91. The van der Waals surface area contributed by atoms with Gasteiger partial charge in [-0.25, -0.2) is 13.2 Å². The fourth-order valence-corrected chi connectivity index (χ4v) is 4.35. The molecule has 1 aliphatic rings. The summed E-state index contributed by atoms with van der Waals surface area (Å²) in [5, 5.41) is 11.4. The first-order valence-electron chi connectivity index (χ1n) is 5.72. The van der Waals surface area contributed by atoms with Gasteiger partial charge in [0, 0.05) is 6.04 Å². The van der Waals surface area contributed by atoms with Gasteiger partial charge in [0.15, 0.2) is 9.84 Å². The first kappa shape index (κ1) is 14.0. The van der Waals surface area contributed by atoms with Crippen LogP contribution < -0.4 is 5.32 Å². The number of aromatic carboxylic acids is 1. The van der Waals surface area contributed by atoms with Crippen molar-refractivity contribution in [1.29, 1.82) is 0 Å². The van der Waals surface area contributed by atoms with Gasteiger partial charge in [0.2, 0.25) is 0 Å². The van der Waals surface area contributed by atoms with Crippen LogP contribution >= 0.6 is 11.3 Å². The molecule has 0 radical (unpaired) electrons. The number of sulfone groups is 1. The molecule has 2 heterocycles. The normalized spacial score (nSPS) is 21.8. The number of nitrogens with one attached hydrogen (secondary N) is 1. The summed E-state index contributed by atoms with van der Waals surface area (Å²) in [6, 6.07) is 2.40. The van der Waals surface area contributed by atoms with Crippen molar-refractivity contribution in [3.8, 4) is 0 Å². The van der Waals surface area contributed by atoms with Crippen LogP contribution in [0.5, 0.6) is 0 Å². The Morgan fingerprint density at radius 1 is 1.32 bits per heavy atom. The highest BCUT2D eigenvalue weighted by atomic mass is 32.2. The molecule has 0 saturated carbocycles. The molecule has 2 rings (SSSR count). The summed E-state index contributed by atoms with van der Waals surface area (Å²) < 4.78 is 22.9. The Morgan fingerprint density at radius 3 is 2.58 bits per heavy atom. The average molecular weight is 303 g/mol. The molecular formula is C11H13NO5S2. The molecule has 2 N–H and O–H groups in total. The van der Waals surface area contributed by atoms with Crippen molar-refractivity contribution in [3.05, 3.63) is 21.9 Å². The molecule has 0 aromatic carbocycles. The quantitative estimate of drug-likeness (QED) is 0.858. The minimum absolute atomic E-state index is 0.0457. The van der Waals surface area contributed by atoms with Gasteiger partial charge in [0.25, 0.3) is 5.91 Å². The zero-order valence-electron chi connectivity index (χ0n) is 9.96. The van der Waals surface area contributed by atoms with Crippen LogP contribution in [0, 0.1) is 0 Å². The van der Waals surface area contributed by atoms with Crippen molar-refractivity contribution >= 4 is 33.1 Å². The van der Waals surface area contributed by atoms with E-state index in [-0.39, 0.29) is 27.3 Å². The zero-order chi connectivity index (χ0) is 14.0. The average Bonchev–Trinajstić information content (AvgIpc) is 2.76. The van der Waals surface area contributed by atoms with Gasteiger partial charge in [0.05, 0.1) is 16.4 Å². The van der Waals surface area contributed by atoms with E-state index >= 15 is 0 Å². The van der Waals surface area contributed by atoms with Crippen molar-refractivity contribution in [3.63, 3.8) is 0 Å². The Hall–Kier alpha value is -1.41. The molecule has 1 aromatic heterocycles. The number of carboxylic acid groups (broad SMARTS) is 1. The molecule has 1 fully saturated rings. The first-order valence-corrected chi connectivity index (χ1v) is 8.35. The highest BCUT2D eigenvalue weighted by Gasteiger charge is 2.26. The van der Waals surface area contributed by atoms with Crippen LogP contribution in [0.4, 0.5) is 0 Å². The Balaban J connectivity index is 2.02. The molecule has 1 aliphatic heterocycles. The fraction of sp³-hybridized carbons (Fsp3) is 0.455. The minimum Gasteiger partial charge on any atom is -0.477 e. The van der Waals surface area contributed by atoms with Crippen LogP contribution in [0.1, 0.15) is 32.2 Å². The number of carboxylic acids is 1. The van der Waals surface area contributed by atoms with Gasteiger partial charge in [-0.05, 0) is 25.0 Å². The van der Waals surface area contributed by atoms with Crippen LogP contribution in [0.2, 0.25) is 0 Å². The predicted molar refractivity (Wildman–Crippen MR) is 70.4 cm³/mol. The number of amides is 1. The van der Waals surface area contributed by atoms with Crippen LogP contribution in [-0.2, 0) is 9.84 Å². The van der Waals surface area contributed by atoms with Crippen molar-refractivity contribution in [1.82, 2.24) is 5.32 Å². The van der Waals surface area contributed by atoms with Crippen molar-refractivity contribution in [2.75, 3.05) is 11.5 Å². The van der Waals surface area contributed by atoms with E-state index in [2.05, 4.69) is 5.32 Å². The summed E-state index contributed by atoms with van der Waals surface area (Å²) in [5.41, 5.74) is 0. The minimum atomic E-state index is -3.07. The topological polar surface area (TPSA) is 101 Å². The number of rotatable bonds is 3. The van der Waals surface area contributed by atoms with E-state index in [9.17, 15) is 18.0 Å². The lowest BCUT2D eigenvalue weighted by Gasteiger charge is -2.22. The molecule has 1 saturated heterocycles.